The zero-order valence-electron chi connectivity index (χ0n) is 11.6. The van der Waals surface area contributed by atoms with Gasteiger partial charge in [-0.1, -0.05) is 17.7 Å². The summed E-state index contributed by atoms with van der Waals surface area (Å²) in [5.74, 6) is 0.353. The van der Waals surface area contributed by atoms with Crippen LogP contribution in [0.4, 0.5) is 5.69 Å². The second kappa shape index (κ2) is 7.38. The summed E-state index contributed by atoms with van der Waals surface area (Å²) < 4.78 is 0. The van der Waals surface area contributed by atoms with Crippen LogP contribution in [0.3, 0.4) is 0 Å². The zero-order chi connectivity index (χ0) is 15.2. The third kappa shape index (κ3) is 4.68. The number of hydrogen-bond acceptors (Lipinski definition) is 4. The van der Waals surface area contributed by atoms with E-state index in [-0.39, 0.29) is 23.0 Å². The number of carbonyl (C=O) groups is 1. The first kappa shape index (κ1) is 15.7. The van der Waals surface area contributed by atoms with Crippen molar-refractivity contribution in [3.05, 3.63) is 38.9 Å². The average Bonchev–Trinajstić information content (AvgIpc) is 2.48. The molecule has 0 aliphatic carbocycles. The molecule has 1 fully saturated rings. The van der Waals surface area contributed by atoms with Gasteiger partial charge in [-0.15, -0.1) is 0 Å². The van der Waals surface area contributed by atoms with Crippen molar-refractivity contribution >= 4 is 23.2 Å². The number of benzene rings is 1. The maximum atomic E-state index is 11.9. The lowest BCUT2D eigenvalue weighted by Gasteiger charge is -2.22. The van der Waals surface area contributed by atoms with Gasteiger partial charge in [0, 0.05) is 18.7 Å². The summed E-state index contributed by atoms with van der Waals surface area (Å²) in [6, 6.07) is 4.16. The Bertz CT molecular complexity index is 530. The van der Waals surface area contributed by atoms with Crippen molar-refractivity contribution < 1.29 is 9.72 Å². The average molecular weight is 312 g/mol. The number of nitro benzene ring substituents is 1. The molecule has 1 atom stereocenters. The Morgan fingerprint density at radius 3 is 2.95 bits per heavy atom. The van der Waals surface area contributed by atoms with Gasteiger partial charge in [0.25, 0.3) is 5.69 Å². The molecular weight excluding hydrogens is 294 g/mol. The van der Waals surface area contributed by atoms with Gasteiger partial charge in [-0.25, -0.2) is 0 Å². The smallest absolute Gasteiger partial charge is 0.270 e. The second-order valence-corrected chi connectivity index (χ2v) is 5.63. The third-order valence-corrected chi connectivity index (χ3v) is 3.94. The van der Waals surface area contributed by atoms with Crippen LogP contribution in [0.5, 0.6) is 0 Å². The first-order valence-corrected chi connectivity index (χ1v) is 7.34. The zero-order valence-corrected chi connectivity index (χ0v) is 12.4. The van der Waals surface area contributed by atoms with Gasteiger partial charge in [0.15, 0.2) is 0 Å². The summed E-state index contributed by atoms with van der Waals surface area (Å²) in [7, 11) is 0. The predicted molar refractivity (Wildman–Crippen MR) is 80.4 cm³/mol. The summed E-state index contributed by atoms with van der Waals surface area (Å²) >= 11 is 5.97. The van der Waals surface area contributed by atoms with E-state index >= 15 is 0 Å². The molecule has 0 saturated carbocycles. The van der Waals surface area contributed by atoms with Gasteiger partial charge in [-0.2, -0.15) is 0 Å². The van der Waals surface area contributed by atoms with Crippen molar-refractivity contribution in [1.82, 2.24) is 10.6 Å². The van der Waals surface area contributed by atoms with Gasteiger partial charge in [0.05, 0.1) is 16.4 Å². The Labute approximate surface area is 128 Å². The highest BCUT2D eigenvalue weighted by Gasteiger charge is 2.15. The second-order valence-electron chi connectivity index (χ2n) is 5.23. The quantitative estimate of drug-likeness (QED) is 0.642. The van der Waals surface area contributed by atoms with Gasteiger partial charge in [0.2, 0.25) is 5.91 Å². The molecule has 114 valence electrons. The number of hydrogen-bond donors (Lipinski definition) is 2. The van der Waals surface area contributed by atoms with Crippen molar-refractivity contribution in [2.75, 3.05) is 19.6 Å². The number of piperidine rings is 1. The molecular formula is C14H18ClN3O3. The van der Waals surface area contributed by atoms with Crippen molar-refractivity contribution in [3.63, 3.8) is 0 Å². The fourth-order valence-electron chi connectivity index (χ4n) is 2.39. The van der Waals surface area contributed by atoms with Gasteiger partial charge >= 0.3 is 0 Å². The molecule has 1 unspecified atom stereocenters. The molecule has 2 rings (SSSR count). The summed E-state index contributed by atoms with van der Waals surface area (Å²) in [5.41, 5.74) is 0.527. The highest BCUT2D eigenvalue weighted by Crippen LogP contribution is 2.22. The molecule has 0 bridgehead atoms. The lowest BCUT2D eigenvalue weighted by molar-refractivity contribution is -0.384. The maximum Gasteiger partial charge on any atom is 0.270 e. The van der Waals surface area contributed by atoms with E-state index in [1.165, 1.54) is 18.2 Å². The molecule has 1 heterocycles. The number of nitro groups is 1. The minimum atomic E-state index is -0.508. The molecule has 1 aliphatic rings. The molecule has 7 heteroatoms. The van der Waals surface area contributed by atoms with Gasteiger partial charge in [0.1, 0.15) is 0 Å². The van der Waals surface area contributed by atoms with E-state index in [9.17, 15) is 14.9 Å². The molecule has 6 nitrogen and oxygen atoms in total. The van der Waals surface area contributed by atoms with Gasteiger partial charge in [-0.05, 0) is 37.4 Å². The minimum Gasteiger partial charge on any atom is -0.355 e. The number of nitrogens with one attached hydrogen (secondary N) is 2. The van der Waals surface area contributed by atoms with E-state index in [0.717, 1.165) is 25.9 Å². The van der Waals surface area contributed by atoms with Crippen LogP contribution in [0.1, 0.15) is 18.4 Å². The van der Waals surface area contributed by atoms with Crippen LogP contribution in [0.2, 0.25) is 5.02 Å². The Balaban J connectivity index is 1.85. The Morgan fingerprint density at radius 1 is 1.52 bits per heavy atom. The van der Waals surface area contributed by atoms with Crippen LogP contribution in [-0.4, -0.2) is 30.5 Å². The van der Waals surface area contributed by atoms with Crippen LogP contribution in [-0.2, 0) is 11.2 Å². The topological polar surface area (TPSA) is 84.3 Å². The number of amides is 1. The number of non-ortho nitro benzene ring substituents is 1. The van der Waals surface area contributed by atoms with Crippen molar-refractivity contribution in [2.45, 2.75) is 19.3 Å². The van der Waals surface area contributed by atoms with Crippen LogP contribution in [0, 0.1) is 16.0 Å². The summed E-state index contributed by atoms with van der Waals surface area (Å²) in [6.07, 6.45) is 2.39. The van der Waals surface area contributed by atoms with E-state index in [1.54, 1.807) is 0 Å². The van der Waals surface area contributed by atoms with Crippen LogP contribution in [0.15, 0.2) is 18.2 Å². The summed E-state index contributed by atoms with van der Waals surface area (Å²) in [4.78, 5) is 22.0. The normalized spacial score (nSPS) is 18.2. The first-order valence-electron chi connectivity index (χ1n) is 6.96. The molecule has 2 N–H and O–H groups in total. The lowest BCUT2D eigenvalue weighted by Crippen LogP contribution is -2.38. The van der Waals surface area contributed by atoms with Crippen LogP contribution in [0.25, 0.3) is 0 Å². The lowest BCUT2D eigenvalue weighted by atomic mass is 9.99. The van der Waals surface area contributed by atoms with E-state index in [0.29, 0.717) is 18.0 Å². The summed E-state index contributed by atoms with van der Waals surface area (Å²) in [5, 5.41) is 17.1. The molecule has 0 aromatic heterocycles. The highest BCUT2D eigenvalue weighted by molar-refractivity contribution is 6.31. The molecule has 0 spiro atoms. The Morgan fingerprint density at radius 2 is 2.33 bits per heavy atom. The predicted octanol–water partition coefficient (Wildman–Crippen LogP) is 1.91. The maximum absolute atomic E-state index is 11.9. The Kier molecular flexibility index (Phi) is 5.52. The fourth-order valence-corrected chi connectivity index (χ4v) is 2.63. The van der Waals surface area contributed by atoms with Crippen molar-refractivity contribution in [3.8, 4) is 0 Å². The van der Waals surface area contributed by atoms with E-state index in [4.69, 9.17) is 11.6 Å². The standard InChI is InChI=1S/C14H18ClN3O3/c15-13-7-12(18(20)21)4-3-11(13)6-14(19)17-9-10-2-1-5-16-8-10/h3-4,7,10,16H,1-2,5-6,8-9H2,(H,17,19). The van der Waals surface area contributed by atoms with E-state index < -0.39 is 4.92 Å². The van der Waals surface area contributed by atoms with Crippen LogP contribution < -0.4 is 10.6 Å². The molecule has 1 saturated heterocycles. The van der Waals surface area contributed by atoms with E-state index in [2.05, 4.69) is 10.6 Å². The number of rotatable bonds is 5. The monoisotopic (exact) mass is 311 g/mol. The largest absolute Gasteiger partial charge is 0.355 e. The summed E-state index contributed by atoms with van der Waals surface area (Å²) in [6.45, 7) is 2.62. The van der Waals surface area contributed by atoms with Crippen molar-refractivity contribution in [1.29, 1.82) is 0 Å². The van der Waals surface area contributed by atoms with Crippen molar-refractivity contribution in [2.24, 2.45) is 5.92 Å². The Hall–Kier alpha value is -1.66. The third-order valence-electron chi connectivity index (χ3n) is 3.59. The molecule has 1 aromatic carbocycles. The van der Waals surface area contributed by atoms with Gasteiger partial charge in [-0.3, -0.25) is 14.9 Å². The van der Waals surface area contributed by atoms with Crippen LogP contribution >= 0.6 is 11.6 Å². The number of carbonyl (C=O) groups excluding carboxylic acids is 1. The molecule has 1 aliphatic heterocycles. The van der Waals surface area contributed by atoms with E-state index in [1.807, 2.05) is 0 Å². The fraction of sp³-hybridized carbons (Fsp3) is 0.500. The molecule has 1 amide bonds. The highest BCUT2D eigenvalue weighted by atomic mass is 35.5. The number of halogens is 1. The SMILES string of the molecule is O=C(Cc1ccc([N+](=O)[O-])cc1Cl)NCC1CCCNC1. The molecule has 0 radical (unpaired) electrons. The minimum absolute atomic E-state index is 0.0718. The molecule has 21 heavy (non-hydrogen) atoms. The van der Waals surface area contributed by atoms with Gasteiger partial charge < -0.3 is 10.6 Å². The molecule has 1 aromatic rings. The first-order chi connectivity index (χ1) is 10.1. The number of nitrogens with zero attached hydrogens (tertiary/aromatic N) is 1.